The molecule has 0 aliphatic rings. The number of carbonyl (C=O) groups excluding carboxylic acids is 1. The highest BCUT2D eigenvalue weighted by Gasteiger charge is 2.12. The summed E-state index contributed by atoms with van der Waals surface area (Å²) in [5.41, 5.74) is 9.73. The molecule has 2 aromatic rings. The number of rotatable bonds is 7. The summed E-state index contributed by atoms with van der Waals surface area (Å²) < 4.78 is 10.1. The third-order valence-corrected chi connectivity index (χ3v) is 3.94. The molecule has 0 saturated heterocycles. The van der Waals surface area contributed by atoms with Crippen LogP contribution in [0, 0.1) is 0 Å². The third kappa shape index (κ3) is 4.41. The molecule has 0 unspecified atom stereocenters. The first kappa shape index (κ1) is 17.7. The van der Waals surface area contributed by atoms with Gasteiger partial charge in [-0.1, -0.05) is 24.3 Å². The highest BCUT2D eigenvalue weighted by atomic mass is 16.5. The molecule has 2 aromatic carbocycles. The molecule has 5 nitrogen and oxygen atoms in total. The fourth-order valence-corrected chi connectivity index (χ4v) is 2.58. The first-order valence-electron chi connectivity index (χ1n) is 7.89. The van der Waals surface area contributed by atoms with E-state index in [1.165, 1.54) is 7.11 Å². The average molecular weight is 328 g/mol. The Morgan fingerprint density at radius 3 is 2.62 bits per heavy atom. The van der Waals surface area contributed by atoms with Gasteiger partial charge in [0.2, 0.25) is 0 Å². The van der Waals surface area contributed by atoms with E-state index in [9.17, 15) is 4.79 Å². The maximum absolute atomic E-state index is 11.2. The van der Waals surface area contributed by atoms with Crippen LogP contribution in [0.25, 0.3) is 0 Å². The molecule has 0 bridgehead atoms. The Morgan fingerprint density at radius 1 is 1.21 bits per heavy atom. The summed E-state index contributed by atoms with van der Waals surface area (Å²) in [6.45, 7) is 2.06. The van der Waals surface area contributed by atoms with E-state index >= 15 is 0 Å². The van der Waals surface area contributed by atoms with Gasteiger partial charge in [0, 0.05) is 12.0 Å². The van der Waals surface area contributed by atoms with Crippen LogP contribution >= 0.6 is 0 Å². The molecule has 1 atom stereocenters. The van der Waals surface area contributed by atoms with Crippen LogP contribution in [0.4, 0.5) is 11.4 Å². The maximum Gasteiger partial charge on any atom is 0.305 e. The summed E-state index contributed by atoms with van der Waals surface area (Å²) in [7, 11) is 3.05. The van der Waals surface area contributed by atoms with Crippen LogP contribution in [-0.2, 0) is 16.0 Å². The van der Waals surface area contributed by atoms with Gasteiger partial charge in [0.25, 0.3) is 0 Å². The molecule has 24 heavy (non-hydrogen) atoms. The number of nitrogens with two attached hydrogens (primary N) is 1. The monoisotopic (exact) mass is 328 g/mol. The van der Waals surface area contributed by atoms with Crippen molar-refractivity contribution in [2.75, 3.05) is 25.3 Å². The van der Waals surface area contributed by atoms with Gasteiger partial charge in [0.05, 0.1) is 31.6 Å². The van der Waals surface area contributed by atoms with Gasteiger partial charge in [-0.3, -0.25) is 4.79 Å². The van der Waals surface area contributed by atoms with E-state index in [2.05, 4.69) is 17.0 Å². The number of anilines is 2. The Bertz CT molecular complexity index is 701. The molecule has 0 spiro atoms. The lowest BCUT2D eigenvalue weighted by molar-refractivity contribution is -0.140. The summed E-state index contributed by atoms with van der Waals surface area (Å²) in [5.74, 6) is 0.617. The molecule has 0 aromatic heterocycles. The van der Waals surface area contributed by atoms with E-state index < -0.39 is 0 Å². The first-order chi connectivity index (χ1) is 11.5. The highest BCUT2D eigenvalue weighted by Crippen LogP contribution is 2.30. The molecular weight excluding hydrogens is 304 g/mol. The molecule has 3 N–H and O–H groups in total. The Hall–Kier alpha value is -2.69. The van der Waals surface area contributed by atoms with E-state index in [1.54, 1.807) is 7.11 Å². The zero-order chi connectivity index (χ0) is 17.5. The van der Waals surface area contributed by atoms with Gasteiger partial charge in [0.1, 0.15) is 5.75 Å². The van der Waals surface area contributed by atoms with Crippen molar-refractivity contribution < 1.29 is 14.3 Å². The number of benzene rings is 2. The quantitative estimate of drug-likeness (QED) is 0.600. The molecule has 0 heterocycles. The number of methoxy groups -OCH3 is 2. The van der Waals surface area contributed by atoms with Gasteiger partial charge in [0.15, 0.2) is 0 Å². The van der Waals surface area contributed by atoms with Crippen molar-refractivity contribution in [2.24, 2.45) is 0 Å². The van der Waals surface area contributed by atoms with E-state index in [0.29, 0.717) is 18.5 Å². The largest absolute Gasteiger partial charge is 0.496 e. The molecular formula is C19H24N2O3. The molecule has 0 amide bonds. The average Bonchev–Trinajstić information content (AvgIpc) is 2.61. The normalized spacial score (nSPS) is 11.6. The predicted octanol–water partition coefficient (Wildman–Crippen LogP) is 3.56. The second-order valence-corrected chi connectivity index (χ2v) is 5.61. The summed E-state index contributed by atoms with van der Waals surface area (Å²) in [6, 6.07) is 13.7. The standard InChI is InChI=1S/C19H24N2O3/c1-13(15-6-4-5-7-18(15)23-2)21-17-10-8-14(12-16(17)20)9-11-19(22)24-3/h4-8,10,12-13,21H,9,11,20H2,1-3H3/t13-/m1/s1. The van der Waals surface area contributed by atoms with Crippen LogP contribution in [0.5, 0.6) is 5.75 Å². The zero-order valence-electron chi connectivity index (χ0n) is 14.3. The fraction of sp³-hybridized carbons (Fsp3) is 0.316. The second kappa shape index (κ2) is 8.24. The molecule has 2 rings (SSSR count). The Labute approximate surface area is 142 Å². The van der Waals surface area contributed by atoms with E-state index in [1.807, 2.05) is 42.5 Å². The predicted molar refractivity (Wildman–Crippen MR) is 96.2 cm³/mol. The minimum Gasteiger partial charge on any atom is -0.496 e. The highest BCUT2D eigenvalue weighted by molar-refractivity contribution is 5.71. The topological polar surface area (TPSA) is 73.6 Å². The number of esters is 1. The van der Waals surface area contributed by atoms with Crippen molar-refractivity contribution in [1.82, 2.24) is 0 Å². The van der Waals surface area contributed by atoms with Gasteiger partial charge >= 0.3 is 5.97 Å². The van der Waals surface area contributed by atoms with Crippen molar-refractivity contribution in [3.8, 4) is 5.75 Å². The van der Waals surface area contributed by atoms with E-state index in [4.69, 9.17) is 10.5 Å². The minimum absolute atomic E-state index is 0.0457. The minimum atomic E-state index is -0.222. The van der Waals surface area contributed by atoms with Crippen LogP contribution in [0.2, 0.25) is 0 Å². The van der Waals surface area contributed by atoms with Crippen molar-refractivity contribution in [3.63, 3.8) is 0 Å². The van der Waals surface area contributed by atoms with Crippen LogP contribution in [-0.4, -0.2) is 20.2 Å². The number of hydrogen-bond acceptors (Lipinski definition) is 5. The number of hydrogen-bond donors (Lipinski definition) is 2. The summed E-state index contributed by atoms with van der Waals surface area (Å²) in [6.07, 6.45) is 0.958. The van der Waals surface area contributed by atoms with Gasteiger partial charge in [-0.2, -0.15) is 0 Å². The van der Waals surface area contributed by atoms with Crippen LogP contribution in [0.15, 0.2) is 42.5 Å². The van der Waals surface area contributed by atoms with Crippen LogP contribution in [0.1, 0.15) is 30.5 Å². The second-order valence-electron chi connectivity index (χ2n) is 5.61. The number of carbonyl (C=O) groups is 1. The van der Waals surface area contributed by atoms with Crippen molar-refractivity contribution in [3.05, 3.63) is 53.6 Å². The molecule has 0 aliphatic carbocycles. The lowest BCUT2D eigenvalue weighted by Crippen LogP contribution is -2.10. The molecule has 5 heteroatoms. The Morgan fingerprint density at radius 2 is 1.96 bits per heavy atom. The SMILES string of the molecule is COC(=O)CCc1ccc(N[C@H](C)c2ccccc2OC)c(N)c1. The number of nitrogens with one attached hydrogen (secondary N) is 1. The molecule has 0 radical (unpaired) electrons. The third-order valence-electron chi connectivity index (χ3n) is 3.94. The molecule has 0 saturated carbocycles. The van der Waals surface area contributed by atoms with Gasteiger partial charge < -0.3 is 20.5 Å². The number of nitrogen functional groups attached to an aromatic ring is 1. The van der Waals surface area contributed by atoms with Gasteiger partial charge in [-0.15, -0.1) is 0 Å². The van der Waals surface area contributed by atoms with Crippen molar-refractivity contribution >= 4 is 17.3 Å². The van der Waals surface area contributed by atoms with Gasteiger partial charge in [-0.05, 0) is 37.1 Å². The van der Waals surface area contributed by atoms with Crippen LogP contribution < -0.4 is 15.8 Å². The van der Waals surface area contributed by atoms with E-state index in [-0.39, 0.29) is 12.0 Å². The molecule has 128 valence electrons. The molecule has 0 fully saturated rings. The first-order valence-corrected chi connectivity index (χ1v) is 7.89. The Kier molecular flexibility index (Phi) is 6.07. The molecule has 0 aliphatic heterocycles. The van der Waals surface area contributed by atoms with Crippen molar-refractivity contribution in [1.29, 1.82) is 0 Å². The van der Waals surface area contributed by atoms with E-state index in [0.717, 1.165) is 22.6 Å². The lowest BCUT2D eigenvalue weighted by Gasteiger charge is -2.20. The smallest absolute Gasteiger partial charge is 0.305 e. The maximum atomic E-state index is 11.2. The summed E-state index contributed by atoms with van der Waals surface area (Å²) in [4.78, 5) is 11.2. The fourth-order valence-electron chi connectivity index (χ4n) is 2.58. The Balaban J connectivity index is 2.08. The van der Waals surface area contributed by atoms with Gasteiger partial charge in [-0.25, -0.2) is 0 Å². The number of aryl methyl sites for hydroxylation is 1. The number of ether oxygens (including phenoxy) is 2. The number of para-hydroxylation sites is 1. The summed E-state index contributed by atoms with van der Waals surface area (Å²) in [5, 5.41) is 3.41. The van der Waals surface area contributed by atoms with Crippen LogP contribution in [0.3, 0.4) is 0 Å². The zero-order valence-corrected chi connectivity index (χ0v) is 14.3. The summed E-state index contributed by atoms with van der Waals surface area (Å²) >= 11 is 0. The van der Waals surface area contributed by atoms with Crippen molar-refractivity contribution in [2.45, 2.75) is 25.8 Å². The lowest BCUT2D eigenvalue weighted by atomic mass is 10.0.